The van der Waals surface area contributed by atoms with Gasteiger partial charge in [0.25, 0.3) is 5.91 Å². The molecule has 1 heterocycles. The summed E-state index contributed by atoms with van der Waals surface area (Å²) in [4.78, 5) is 19.5. The van der Waals surface area contributed by atoms with E-state index < -0.39 is 5.82 Å². The molecule has 4 nitrogen and oxygen atoms in total. The molecule has 0 bridgehead atoms. The van der Waals surface area contributed by atoms with Crippen molar-refractivity contribution in [2.45, 2.75) is 25.9 Å². The predicted octanol–water partition coefficient (Wildman–Crippen LogP) is 5.83. The molecule has 3 aromatic rings. The molecule has 0 saturated heterocycles. The molecule has 4 rings (SSSR count). The summed E-state index contributed by atoms with van der Waals surface area (Å²) in [6, 6.07) is 9.93. The lowest BCUT2D eigenvalue weighted by Crippen LogP contribution is -2.32. The number of imidazole rings is 1. The average molecular weight is 477 g/mol. The van der Waals surface area contributed by atoms with E-state index in [2.05, 4.69) is 27.1 Å². The largest absolute Gasteiger partial charge is 0.327 e. The van der Waals surface area contributed by atoms with Crippen LogP contribution in [0.4, 0.5) is 4.39 Å². The van der Waals surface area contributed by atoms with Crippen molar-refractivity contribution in [1.82, 2.24) is 14.5 Å². The van der Waals surface area contributed by atoms with Crippen molar-refractivity contribution >= 4 is 44.5 Å². The number of carbonyl (C=O) groups excluding carboxylic acids is 1. The molecule has 1 aromatic heterocycles. The predicted molar refractivity (Wildman–Crippen MR) is 117 cm³/mol. The summed E-state index contributed by atoms with van der Waals surface area (Å²) in [5.74, 6) is 0.848. The van der Waals surface area contributed by atoms with Gasteiger partial charge in [0.15, 0.2) is 0 Å². The number of hydrogen-bond acceptors (Lipinski definition) is 2. The summed E-state index contributed by atoms with van der Waals surface area (Å²) in [5, 5.41) is 0.663. The molecule has 0 aliphatic heterocycles. The van der Waals surface area contributed by atoms with Gasteiger partial charge in [-0.05, 0) is 71.1 Å². The minimum Gasteiger partial charge on any atom is -0.327 e. The lowest BCUT2D eigenvalue weighted by molar-refractivity contribution is 0.0757. The molecule has 150 valence electrons. The highest BCUT2D eigenvalue weighted by atomic mass is 79.9. The van der Waals surface area contributed by atoms with E-state index in [9.17, 15) is 9.18 Å². The molecule has 2 aromatic carbocycles. The number of rotatable bonds is 7. The second-order valence-electron chi connectivity index (χ2n) is 7.32. The van der Waals surface area contributed by atoms with E-state index in [0.29, 0.717) is 29.6 Å². The molecule has 7 heteroatoms. The van der Waals surface area contributed by atoms with Crippen molar-refractivity contribution in [3.63, 3.8) is 0 Å². The smallest absolute Gasteiger partial charge is 0.254 e. The summed E-state index contributed by atoms with van der Waals surface area (Å²) in [6.07, 6.45) is 4.10. The summed E-state index contributed by atoms with van der Waals surface area (Å²) in [7, 11) is 0. The molecule has 0 unspecified atom stereocenters. The Balaban J connectivity index is 1.68. The fourth-order valence-corrected chi connectivity index (χ4v) is 3.93. The van der Waals surface area contributed by atoms with Crippen molar-refractivity contribution in [1.29, 1.82) is 0 Å². The minimum absolute atomic E-state index is 0.200. The zero-order chi connectivity index (χ0) is 20.5. The van der Waals surface area contributed by atoms with Crippen molar-refractivity contribution in [3.8, 4) is 0 Å². The minimum atomic E-state index is -0.403. The second-order valence-corrected chi connectivity index (χ2v) is 8.61. The van der Waals surface area contributed by atoms with Gasteiger partial charge in [-0.3, -0.25) is 4.79 Å². The van der Waals surface area contributed by atoms with Gasteiger partial charge < -0.3 is 9.47 Å². The number of halogens is 3. The van der Waals surface area contributed by atoms with Gasteiger partial charge >= 0.3 is 0 Å². The second kappa shape index (κ2) is 8.28. The maximum atomic E-state index is 13.6. The molecule has 29 heavy (non-hydrogen) atoms. The molecule has 1 fully saturated rings. The zero-order valence-electron chi connectivity index (χ0n) is 15.7. The molecule has 1 saturated carbocycles. The first-order valence-electron chi connectivity index (χ1n) is 9.46. The maximum absolute atomic E-state index is 13.6. The first-order chi connectivity index (χ1) is 14.0. The van der Waals surface area contributed by atoms with Crippen LogP contribution < -0.4 is 0 Å². The van der Waals surface area contributed by atoms with Crippen LogP contribution in [0.2, 0.25) is 5.02 Å². The summed E-state index contributed by atoms with van der Waals surface area (Å²) < 4.78 is 16.0. The van der Waals surface area contributed by atoms with E-state index in [1.165, 1.54) is 31.0 Å². The van der Waals surface area contributed by atoms with E-state index in [4.69, 9.17) is 16.6 Å². The molecule has 0 N–H and O–H groups in total. The fourth-order valence-electron chi connectivity index (χ4n) is 3.39. The Kier molecular flexibility index (Phi) is 5.74. The Morgan fingerprint density at radius 1 is 1.34 bits per heavy atom. The third kappa shape index (κ3) is 4.38. The van der Waals surface area contributed by atoms with Gasteiger partial charge in [0, 0.05) is 23.7 Å². The number of benzene rings is 2. The van der Waals surface area contributed by atoms with Gasteiger partial charge in [-0.1, -0.05) is 17.7 Å². The number of fused-ring (bicyclic) bond motifs is 1. The Bertz CT molecular complexity index is 1090. The van der Waals surface area contributed by atoms with Gasteiger partial charge in [0.05, 0.1) is 22.1 Å². The Labute approximate surface area is 182 Å². The normalized spacial score (nSPS) is 13.6. The third-order valence-corrected chi connectivity index (χ3v) is 5.91. The maximum Gasteiger partial charge on any atom is 0.254 e. The molecule has 0 radical (unpaired) electrons. The van der Waals surface area contributed by atoms with E-state index in [-0.39, 0.29) is 10.4 Å². The van der Waals surface area contributed by atoms with Crippen LogP contribution in [0.15, 0.2) is 53.5 Å². The third-order valence-electron chi connectivity index (χ3n) is 5.06. The van der Waals surface area contributed by atoms with E-state index in [0.717, 1.165) is 23.4 Å². The highest BCUT2D eigenvalue weighted by Crippen LogP contribution is 2.33. The van der Waals surface area contributed by atoms with E-state index >= 15 is 0 Å². The standard InChI is InChI=1S/C22H20BrClFN3O/c1-2-9-27(22(29)15-5-7-18(25)17(23)10-15)13-21-26-19-8-6-16(24)11-20(19)28(21)12-14-3-4-14/h2,5-8,10-11,14H,1,3-4,9,12-13H2. The zero-order valence-corrected chi connectivity index (χ0v) is 18.1. The number of hydrogen-bond donors (Lipinski definition) is 0. The number of nitrogens with zero attached hydrogens (tertiary/aromatic N) is 3. The highest BCUT2D eigenvalue weighted by Gasteiger charge is 2.26. The summed E-state index contributed by atoms with van der Waals surface area (Å²) in [5.41, 5.74) is 2.25. The van der Waals surface area contributed by atoms with Crippen LogP contribution in [0.5, 0.6) is 0 Å². The molecule has 1 aliphatic rings. The molecular weight excluding hydrogens is 457 g/mol. The molecule has 1 aliphatic carbocycles. The average Bonchev–Trinajstić information content (AvgIpc) is 3.46. The van der Waals surface area contributed by atoms with Crippen LogP contribution in [-0.2, 0) is 13.1 Å². The van der Waals surface area contributed by atoms with Gasteiger partial charge in [-0.2, -0.15) is 0 Å². The molecule has 1 amide bonds. The van der Waals surface area contributed by atoms with Crippen LogP contribution in [0.25, 0.3) is 11.0 Å². The Hall–Kier alpha value is -2.18. The monoisotopic (exact) mass is 475 g/mol. The van der Waals surface area contributed by atoms with E-state index in [1.54, 1.807) is 11.0 Å². The molecular formula is C22H20BrClFN3O. The van der Waals surface area contributed by atoms with Crippen molar-refractivity contribution < 1.29 is 9.18 Å². The number of aromatic nitrogens is 2. The van der Waals surface area contributed by atoms with Crippen LogP contribution in [0.1, 0.15) is 29.0 Å². The van der Waals surface area contributed by atoms with Crippen molar-refractivity contribution in [3.05, 3.63) is 75.8 Å². The first-order valence-corrected chi connectivity index (χ1v) is 10.6. The quantitative estimate of drug-likeness (QED) is 0.402. The van der Waals surface area contributed by atoms with Gasteiger partial charge in [0.1, 0.15) is 11.6 Å². The fraction of sp³-hybridized carbons (Fsp3) is 0.273. The highest BCUT2D eigenvalue weighted by molar-refractivity contribution is 9.10. The number of carbonyl (C=O) groups is 1. The van der Waals surface area contributed by atoms with Gasteiger partial charge in [-0.25, -0.2) is 9.37 Å². The Morgan fingerprint density at radius 3 is 2.83 bits per heavy atom. The van der Waals surface area contributed by atoms with Crippen molar-refractivity contribution in [2.75, 3.05) is 6.54 Å². The van der Waals surface area contributed by atoms with Gasteiger partial charge in [-0.15, -0.1) is 6.58 Å². The lowest BCUT2D eigenvalue weighted by Gasteiger charge is -2.22. The summed E-state index contributed by atoms with van der Waals surface area (Å²) >= 11 is 9.36. The first kappa shape index (κ1) is 20.1. The van der Waals surface area contributed by atoms with Crippen LogP contribution in [-0.4, -0.2) is 26.9 Å². The molecule has 0 atom stereocenters. The van der Waals surface area contributed by atoms with Crippen LogP contribution in [0.3, 0.4) is 0 Å². The Morgan fingerprint density at radius 2 is 2.14 bits per heavy atom. The van der Waals surface area contributed by atoms with E-state index in [1.807, 2.05) is 18.2 Å². The number of amides is 1. The SMILES string of the molecule is C=CCN(Cc1nc2ccc(Cl)cc2n1CC1CC1)C(=O)c1ccc(F)c(Br)c1. The summed E-state index contributed by atoms with van der Waals surface area (Å²) in [6.45, 7) is 5.34. The topological polar surface area (TPSA) is 38.1 Å². The van der Waals surface area contributed by atoms with Crippen molar-refractivity contribution in [2.24, 2.45) is 5.92 Å². The van der Waals surface area contributed by atoms with Crippen LogP contribution in [0, 0.1) is 11.7 Å². The lowest BCUT2D eigenvalue weighted by atomic mass is 10.2. The van der Waals surface area contributed by atoms with Gasteiger partial charge in [0.2, 0.25) is 0 Å². The molecule has 0 spiro atoms. The van der Waals surface area contributed by atoms with Crippen LogP contribution >= 0.6 is 27.5 Å².